The maximum absolute atomic E-state index is 2.74. The van der Waals surface area contributed by atoms with Crippen molar-refractivity contribution < 1.29 is 0 Å². The van der Waals surface area contributed by atoms with Crippen LogP contribution in [0.4, 0.5) is 0 Å². The Kier molecular flexibility index (Phi) is 5.08. The van der Waals surface area contributed by atoms with Crippen molar-refractivity contribution in [2.24, 2.45) is 11.3 Å². The highest BCUT2D eigenvalue weighted by molar-refractivity contribution is 4.83. The van der Waals surface area contributed by atoms with Gasteiger partial charge in [0.15, 0.2) is 0 Å². The van der Waals surface area contributed by atoms with Crippen molar-refractivity contribution >= 4 is 0 Å². The molecule has 2 fully saturated rings. The van der Waals surface area contributed by atoms with Gasteiger partial charge in [0.05, 0.1) is 0 Å². The molecule has 0 aromatic carbocycles. The minimum atomic E-state index is 0.641. The van der Waals surface area contributed by atoms with Crippen molar-refractivity contribution in [3.8, 4) is 0 Å². The molecule has 2 heteroatoms. The van der Waals surface area contributed by atoms with Gasteiger partial charge in [-0.25, -0.2) is 0 Å². The van der Waals surface area contributed by atoms with Gasteiger partial charge in [-0.05, 0) is 69.7 Å². The lowest BCUT2D eigenvalue weighted by molar-refractivity contribution is 0.0841. The highest BCUT2D eigenvalue weighted by Gasteiger charge is 2.29. The van der Waals surface area contributed by atoms with Gasteiger partial charge in [-0.3, -0.25) is 0 Å². The van der Waals surface area contributed by atoms with Crippen LogP contribution in [0.2, 0.25) is 0 Å². The minimum absolute atomic E-state index is 0.641. The van der Waals surface area contributed by atoms with Crippen molar-refractivity contribution in [2.45, 2.75) is 52.9 Å². The molecule has 2 nitrogen and oxygen atoms in total. The van der Waals surface area contributed by atoms with Gasteiger partial charge in [-0.2, -0.15) is 0 Å². The average molecular weight is 252 g/mol. The zero-order chi connectivity index (χ0) is 13.0. The van der Waals surface area contributed by atoms with Gasteiger partial charge in [-0.1, -0.05) is 27.2 Å². The molecule has 0 saturated carbocycles. The molecule has 0 aliphatic carbocycles. The van der Waals surface area contributed by atoms with Crippen LogP contribution >= 0.6 is 0 Å². The summed E-state index contributed by atoms with van der Waals surface area (Å²) in [5.74, 6) is 0.971. The Morgan fingerprint density at radius 2 is 1.56 bits per heavy atom. The molecule has 0 aromatic heterocycles. The lowest BCUT2D eigenvalue weighted by Crippen LogP contribution is -2.43. The number of rotatable bonds is 4. The first kappa shape index (κ1) is 14.3. The van der Waals surface area contributed by atoms with Gasteiger partial charge < -0.3 is 9.80 Å². The Morgan fingerprint density at radius 1 is 0.944 bits per heavy atom. The fourth-order valence-corrected chi connectivity index (χ4v) is 3.48. The summed E-state index contributed by atoms with van der Waals surface area (Å²) < 4.78 is 0. The molecular formula is C16H32N2. The zero-order valence-electron chi connectivity index (χ0n) is 12.7. The maximum Gasteiger partial charge on any atom is 0.00106 e. The van der Waals surface area contributed by atoms with E-state index in [0.717, 1.165) is 5.92 Å². The van der Waals surface area contributed by atoms with E-state index in [1.54, 1.807) is 0 Å². The number of piperidine rings is 2. The molecule has 2 aliphatic heterocycles. The lowest BCUT2D eigenvalue weighted by atomic mass is 9.78. The molecule has 0 spiro atoms. The van der Waals surface area contributed by atoms with E-state index in [9.17, 15) is 0 Å². The van der Waals surface area contributed by atoms with Gasteiger partial charge in [0.2, 0.25) is 0 Å². The van der Waals surface area contributed by atoms with Crippen LogP contribution in [0.15, 0.2) is 0 Å². The van der Waals surface area contributed by atoms with Crippen molar-refractivity contribution in [3.05, 3.63) is 0 Å². The molecule has 0 atom stereocenters. The van der Waals surface area contributed by atoms with E-state index in [0.29, 0.717) is 5.41 Å². The summed E-state index contributed by atoms with van der Waals surface area (Å²) in [5.41, 5.74) is 0.641. The Bertz CT molecular complexity index is 235. The van der Waals surface area contributed by atoms with Gasteiger partial charge in [-0.15, -0.1) is 0 Å². The molecule has 2 heterocycles. The van der Waals surface area contributed by atoms with E-state index < -0.39 is 0 Å². The van der Waals surface area contributed by atoms with E-state index in [2.05, 4.69) is 30.6 Å². The number of nitrogens with zero attached hydrogens (tertiary/aromatic N) is 2. The largest absolute Gasteiger partial charge is 0.304 e. The molecule has 0 bridgehead atoms. The molecule has 0 unspecified atom stereocenters. The van der Waals surface area contributed by atoms with E-state index in [-0.39, 0.29) is 0 Å². The second kappa shape index (κ2) is 6.38. The van der Waals surface area contributed by atoms with Crippen molar-refractivity contribution in [3.63, 3.8) is 0 Å². The predicted molar refractivity (Wildman–Crippen MR) is 78.9 cm³/mol. The van der Waals surface area contributed by atoms with Crippen LogP contribution in [0.5, 0.6) is 0 Å². The van der Waals surface area contributed by atoms with Crippen molar-refractivity contribution in [1.29, 1.82) is 0 Å². The Morgan fingerprint density at radius 3 is 2.06 bits per heavy atom. The van der Waals surface area contributed by atoms with Crippen LogP contribution in [0.3, 0.4) is 0 Å². The second-order valence-electron chi connectivity index (χ2n) is 6.84. The summed E-state index contributed by atoms with van der Waals surface area (Å²) in [6, 6.07) is 0. The Hall–Kier alpha value is -0.0800. The first-order valence-corrected chi connectivity index (χ1v) is 8.10. The third-order valence-corrected chi connectivity index (χ3v) is 5.59. The normalized spacial score (nSPS) is 27.5. The van der Waals surface area contributed by atoms with Gasteiger partial charge in [0.25, 0.3) is 0 Å². The van der Waals surface area contributed by atoms with E-state index in [4.69, 9.17) is 0 Å². The van der Waals surface area contributed by atoms with Crippen LogP contribution in [-0.4, -0.2) is 49.1 Å². The molecule has 2 rings (SSSR count). The summed E-state index contributed by atoms with van der Waals surface area (Å²) in [6.07, 6.45) is 7.04. The topological polar surface area (TPSA) is 6.48 Å². The standard InChI is InChI=1S/C16H32N2/c1-4-16(3)8-12-18(13-9-16)14-15-6-10-17(5-2)11-7-15/h15H,4-14H2,1-3H3. The summed E-state index contributed by atoms with van der Waals surface area (Å²) in [6.45, 7) is 15.1. The molecule has 0 radical (unpaired) electrons. The molecule has 106 valence electrons. The maximum atomic E-state index is 2.74. The lowest BCUT2D eigenvalue weighted by Gasteiger charge is -2.41. The van der Waals surface area contributed by atoms with Crippen molar-refractivity contribution in [1.82, 2.24) is 9.80 Å². The predicted octanol–water partition coefficient (Wildman–Crippen LogP) is 3.23. The fourth-order valence-electron chi connectivity index (χ4n) is 3.48. The average Bonchev–Trinajstić information content (AvgIpc) is 2.42. The van der Waals surface area contributed by atoms with Gasteiger partial charge in [0.1, 0.15) is 0 Å². The molecule has 0 amide bonds. The highest BCUT2D eigenvalue weighted by Crippen LogP contribution is 2.34. The Balaban J connectivity index is 1.69. The molecule has 2 saturated heterocycles. The monoisotopic (exact) mass is 252 g/mol. The molecular weight excluding hydrogens is 220 g/mol. The molecule has 0 aromatic rings. The molecule has 18 heavy (non-hydrogen) atoms. The summed E-state index contributed by atoms with van der Waals surface area (Å²) in [5, 5.41) is 0. The van der Waals surface area contributed by atoms with Crippen LogP contribution in [0, 0.1) is 11.3 Å². The highest BCUT2D eigenvalue weighted by atomic mass is 15.1. The minimum Gasteiger partial charge on any atom is -0.304 e. The van der Waals surface area contributed by atoms with E-state index >= 15 is 0 Å². The summed E-state index contributed by atoms with van der Waals surface area (Å²) in [4.78, 5) is 5.34. The summed E-state index contributed by atoms with van der Waals surface area (Å²) in [7, 11) is 0. The van der Waals surface area contributed by atoms with E-state index in [1.165, 1.54) is 71.4 Å². The van der Waals surface area contributed by atoms with E-state index in [1.807, 2.05) is 0 Å². The van der Waals surface area contributed by atoms with Gasteiger partial charge >= 0.3 is 0 Å². The third kappa shape index (κ3) is 3.71. The van der Waals surface area contributed by atoms with Crippen LogP contribution < -0.4 is 0 Å². The second-order valence-corrected chi connectivity index (χ2v) is 6.84. The van der Waals surface area contributed by atoms with Gasteiger partial charge in [0, 0.05) is 6.54 Å². The number of hydrogen-bond donors (Lipinski definition) is 0. The first-order chi connectivity index (χ1) is 8.65. The van der Waals surface area contributed by atoms with Crippen LogP contribution in [0.1, 0.15) is 52.9 Å². The molecule has 2 aliphatic rings. The smallest absolute Gasteiger partial charge is 0.00106 e. The SMILES string of the molecule is CCN1CCC(CN2CCC(C)(CC)CC2)CC1. The number of likely N-dealkylation sites (tertiary alicyclic amines) is 2. The first-order valence-electron chi connectivity index (χ1n) is 8.10. The van der Waals surface area contributed by atoms with Crippen LogP contribution in [-0.2, 0) is 0 Å². The Labute approximate surface area is 114 Å². The quantitative estimate of drug-likeness (QED) is 0.758. The van der Waals surface area contributed by atoms with Crippen LogP contribution in [0.25, 0.3) is 0 Å². The number of hydrogen-bond acceptors (Lipinski definition) is 2. The molecule has 0 N–H and O–H groups in total. The van der Waals surface area contributed by atoms with Crippen molar-refractivity contribution in [2.75, 3.05) is 39.3 Å². The zero-order valence-corrected chi connectivity index (χ0v) is 12.7. The summed E-state index contributed by atoms with van der Waals surface area (Å²) >= 11 is 0. The fraction of sp³-hybridized carbons (Fsp3) is 1.00. The third-order valence-electron chi connectivity index (χ3n) is 5.59.